The Kier molecular flexibility index (Phi) is 3.98. The number of carbonyl (C=O) groups excluding carboxylic acids is 1. The summed E-state index contributed by atoms with van der Waals surface area (Å²) in [5.41, 5.74) is 0.885. The van der Waals surface area contributed by atoms with E-state index in [-0.39, 0.29) is 0 Å². The lowest BCUT2D eigenvalue weighted by Gasteiger charge is -2.63. The molecule has 0 radical (unpaired) electrons. The van der Waals surface area contributed by atoms with E-state index in [9.17, 15) is 4.79 Å². The Labute approximate surface area is 149 Å². The largest absolute Gasteiger partial charge is 0.300 e. The number of rotatable bonds is 1. The van der Waals surface area contributed by atoms with Crippen LogP contribution in [0.3, 0.4) is 0 Å². The van der Waals surface area contributed by atoms with Gasteiger partial charge in [-0.2, -0.15) is 0 Å². The lowest BCUT2D eigenvalue weighted by Crippen LogP contribution is -2.56. The number of carbonyl (C=O) groups is 1. The van der Waals surface area contributed by atoms with E-state index < -0.39 is 0 Å². The molecule has 24 heavy (non-hydrogen) atoms. The van der Waals surface area contributed by atoms with Gasteiger partial charge in [-0.05, 0) is 98.2 Å². The van der Waals surface area contributed by atoms with Gasteiger partial charge in [-0.1, -0.05) is 34.1 Å². The van der Waals surface area contributed by atoms with Gasteiger partial charge >= 0.3 is 0 Å². The van der Waals surface area contributed by atoms with E-state index in [1.165, 1.54) is 51.4 Å². The Balaban J connectivity index is 1.66. The summed E-state index contributed by atoms with van der Waals surface area (Å²) >= 11 is 0. The van der Waals surface area contributed by atoms with Crippen LogP contribution in [0.4, 0.5) is 0 Å². The first-order chi connectivity index (χ1) is 11.3. The van der Waals surface area contributed by atoms with Crippen molar-refractivity contribution < 1.29 is 4.79 Å². The van der Waals surface area contributed by atoms with Gasteiger partial charge < -0.3 is 0 Å². The maximum absolute atomic E-state index is 12.3. The fourth-order valence-corrected chi connectivity index (χ4v) is 8.63. The highest BCUT2D eigenvalue weighted by molar-refractivity contribution is 5.79. The highest BCUT2D eigenvalue weighted by Gasteiger charge is 2.62. The zero-order chi connectivity index (χ0) is 17.3. The van der Waals surface area contributed by atoms with Crippen LogP contribution in [0.5, 0.6) is 0 Å². The number of Topliss-reactive ketones (excluding diaryl/α,β-unsaturated/α-hetero) is 1. The molecule has 4 rings (SSSR count). The molecule has 0 saturated heterocycles. The third kappa shape index (κ3) is 2.08. The van der Waals surface area contributed by atoms with Crippen LogP contribution < -0.4 is 0 Å². The first-order valence-electron chi connectivity index (χ1n) is 10.8. The highest BCUT2D eigenvalue weighted by atomic mass is 16.1. The Morgan fingerprint density at radius 1 is 0.875 bits per heavy atom. The molecule has 0 aromatic rings. The molecule has 1 heteroatoms. The normalized spacial score (nSPS) is 57.0. The fraction of sp³-hybridized carbons (Fsp3) is 0.957. The maximum atomic E-state index is 12.3. The minimum Gasteiger partial charge on any atom is -0.300 e. The molecule has 0 amide bonds. The molecule has 2 unspecified atom stereocenters. The zero-order valence-corrected chi connectivity index (χ0v) is 16.6. The predicted molar refractivity (Wildman–Crippen MR) is 99.6 cm³/mol. The van der Waals surface area contributed by atoms with E-state index >= 15 is 0 Å². The summed E-state index contributed by atoms with van der Waals surface area (Å²) in [6.07, 6.45) is 11.1. The van der Waals surface area contributed by atoms with Crippen molar-refractivity contribution in [1.82, 2.24) is 0 Å². The second-order valence-electron chi connectivity index (χ2n) is 10.6. The molecule has 0 aliphatic heterocycles. The van der Waals surface area contributed by atoms with Crippen molar-refractivity contribution in [3.8, 4) is 0 Å². The van der Waals surface area contributed by atoms with Crippen molar-refractivity contribution in [3.05, 3.63) is 0 Å². The van der Waals surface area contributed by atoms with Gasteiger partial charge in [-0.15, -0.1) is 0 Å². The van der Waals surface area contributed by atoms with E-state index in [1.54, 1.807) is 0 Å². The molecule has 0 heterocycles. The lowest BCUT2D eigenvalue weighted by molar-refractivity contribution is -0.150. The summed E-state index contributed by atoms with van der Waals surface area (Å²) in [6, 6.07) is 0. The summed E-state index contributed by atoms with van der Waals surface area (Å²) in [6.45, 7) is 12.1. The van der Waals surface area contributed by atoms with Crippen LogP contribution in [-0.2, 0) is 4.79 Å². The Morgan fingerprint density at radius 2 is 1.58 bits per heavy atom. The van der Waals surface area contributed by atoms with Crippen molar-refractivity contribution in [3.63, 3.8) is 0 Å². The average molecular weight is 331 g/mol. The van der Waals surface area contributed by atoms with Gasteiger partial charge in [0, 0.05) is 5.92 Å². The topological polar surface area (TPSA) is 17.1 Å². The molecular formula is C23H38O. The summed E-state index contributed by atoms with van der Waals surface area (Å²) in [5.74, 6) is 6.23. The van der Waals surface area contributed by atoms with Crippen LogP contribution in [0.25, 0.3) is 0 Å². The molecular weight excluding hydrogens is 292 g/mol. The molecule has 0 bridgehead atoms. The van der Waals surface area contributed by atoms with Crippen molar-refractivity contribution in [2.45, 2.75) is 86.0 Å². The van der Waals surface area contributed by atoms with Crippen LogP contribution in [0.1, 0.15) is 86.0 Å². The van der Waals surface area contributed by atoms with E-state index in [4.69, 9.17) is 0 Å². The van der Waals surface area contributed by atoms with Crippen LogP contribution in [0.15, 0.2) is 0 Å². The molecule has 0 N–H and O–H groups in total. The summed E-state index contributed by atoms with van der Waals surface area (Å²) in [7, 11) is 0. The molecule has 4 fully saturated rings. The molecule has 1 nitrogen and oxygen atoms in total. The molecule has 9 atom stereocenters. The average Bonchev–Trinajstić information content (AvgIpc) is 2.89. The Hall–Kier alpha value is -0.330. The Morgan fingerprint density at radius 3 is 2.29 bits per heavy atom. The van der Waals surface area contributed by atoms with Crippen molar-refractivity contribution in [2.75, 3.05) is 0 Å². The second-order valence-corrected chi connectivity index (χ2v) is 10.6. The smallest absolute Gasteiger partial charge is 0.133 e. The second kappa shape index (κ2) is 5.58. The SMILES string of the molecule is CC(=O)[C@H]1CC[C@H]2[C@@H]3CC[C@H]4CCC(C)C(C)[C@]4(C)[C@H]3CC[C@]12C. The van der Waals surface area contributed by atoms with Gasteiger partial charge in [-0.25, -0.2) is 0 Å². The summed E-state index contributed by atoms with van der Waals surface area (Å²) in [4.78, 5) is 12.3. The standard InChI is InChI=1S/C23H38O/c1-14-6-7-17-8-9-18-20-11-10-19(16(3)24)22(20,4)13-12-21(18)23(17,5)15(14)2/h14-15,17-21H,6-13H2,1-5H3/t14?,15?,17-,18+,19-,20+,21+,22-,23+/m1/s1. The summed E-state index contributed by atoms with van der Waals surface area (Å²) in [5, 5.41) is 0. The van der Waals surface area contributed by atoms with Crippen molar-refractivity contribution in [2.24, 2.45) is 52.3 Å². The van der Waals surface area contributed by atoms with E-state index in [0.717, 1.165) is 35.5 Å². The van der Waals surface area contributed by atoms with Crippen molar-refractivity contribution in [1.29, 1.82) is 0 Å². The predicted octanol–water partition coefficient (Wildman–Crippen LogP) is 6.12. The van der Waals surface area contributed by atoms with Crippen LogP contribution >= 0.6 is 0 Å². The summed E-state index contributed by atoms with van der Waals surface area (Å²) < 4.78 is 0. The van der Waals surface area contributed by atoms with E-state index in [0.29, 0.717) is 22.5 Å². The first-order valence-corrected chi connectivity index (χ1v) is 10.8. The van der Waals surface area contributed by atoms with Gasteiger partial charge in [0.2, 0.25) is 0 Å². The van der Waals surface area contributed by atoms with Crippen LogP contribution in [-0.4, -0.2) is 5.78 Å². The third-order valence-corrected chi connectivity index (χ3v) is 10.3. The lowest BCUT2D eigenvalue weighted by atomic mass is 9.41. The maximum Gasteiger partial charge on any atom is 0.133 e. The fourth-order valence-electron chi connectivity index (χ4n) is 8.63. The quantitative estimate of drug-likeness (QED) is 0.566. The van der Waals surface area contributed by atoms with Crippen molar-refractivity contribution >= 4 is 5.78 Å². The molecule has 0 aromatic carbocycles. The van der Waals surface area contributed by atoms with Gasteiger partial charge in [0.15, 0.2) is 0 Å². The van der Waals surface area contributed by atoms with Gasteiger partial charge in [-0.3, -0.25) is 4.79 Å². The van der Waals surface area contributed by atoms with E-state index in [2.05, 4.69) is 27.7 Å². The van der Waals surface area contributed by atoms with Crippen LogP contribution in [0, 0.1) is 52.3 Å². The monoisotopic (exact) mass is 330 g/mol. The minimum atomic E-state index is 0.319. The number of hydrogen-bond acceptors (Lipinski definition) is 1. The highest BCUT2D eigenvalue weighted by Crippen LogP contribution is 2.68. The number of fused-ring (bicyclic) bond motifs is 5. The minimum absolute atomic E-state index is 0.319. The molecule has 0 spiro atoms. The first kappa shape index (κ1) is 17.1. The molecule has 4 aliphatic rings. The molecule has 4 saturated carbocycles. The number of ketones is 1. The molecule has 4 aliphatic carbocycles. The van der Waals surface area contributed by atoms with Gasteiger partial charge in [0.1, 0.15) is 5.78 Å². The van der Waals surface area contributed by atoms with E-state index in [1.807, 2.05) is 6.92 Å². The Bertz CT molecular complexity index is 520. The third-order valence-electron chi connectivity index (χ3n) is 10.3. The molecule has 136 valence electrons. The number of hydrogen-bond donors (Lipinski definition) is 0. The van der Waals surface area contributed by atoms with Crippen LogP contribution in [0.2, 0.25) is 0 Å². The van der Waals surface area contributed by atoms with Gasteiger partial charge in [0.05, 0.1) is 0 Å². The zero-order valence-electron chi connectivity index (χ0n) is 16.6. The van der Waals surface area contributed by atoms with Gasteiger partial charge in [0.25, 0.3) is 0 Å². The molecule has 0 aromatic heterocycles.